The van der Waals surface area contributed by atoms with Crippen LogP contribution in [0.2, 0.25) is 0 Å². The number of ether oxygens (including phenoxy) is 1. The first-order valence-corrected chi connectivity index (χ1v) is 6.64. The molecule has 0 radical (unpaired) electrons. The van der Waals surface area contributed by atoms with Gasteiger partial charge in [0.1, 0.15) is 5.01 Å². The second kappa shape index (κ2) is 6.99. The van der Waals surface area contributed by atoms with Gasteiger partial charge in [0.2, 0.25) is 0 Å². The number of aromatic nitrogens is 1. The van der Waals surface area contributed by atoms with Gasteiger partial charge >= 0.3 is 0 Å². The molecular weight excluding hydrogens is 220 g/mol. The molecule has 0 aliphatic carbocycles. The molecule has 92 valence electrons. The van der Waals surface area contributed by atoms with Crippen molar-refractivity contribution in [3.63, 3.8) is 0 Å². The molecule has 0 bridgehead atoms. The van der Waals surface area contributed by atoms with Crippen LogP contribution in [0.1, 0.15) is 31.0 Å². The molecule has 1 aromatic rings. The van der Waals surface area contributed by atoms with E-state index in [0.29, 0.717) is 12.0 Å². The van der Waals surface area contributed by atoms with Gasteiger partial charge in [-0.15, -0.1) is 11.3 Å². The molecule has 0 fully saturated rings. The van der Waals surface area contributed by atoms with E-state index in [9.17, 15) is 0 Å². The maximum atomic E-state index is 5.13. The number of rotatable bonds is 7. The third-order valence-corrected chi connectivity index (χ3v) is 3.59. The third kappa shape index (κ3) is 4.60. The summed E-state index contributed by atoms with van der Waals surface area (Å²) in [5.41, 5.74) is 1.11. The summed E-state index contributed by atoms with van der Waals surface area (Å²) in [5, 5.41) is 6.81. The monoisotopic (exact) mass is 242 g/mol. The van der Waals surface area contributed by atoms with Crippen LogP contribution in [0.3, 0.4) is 0 Å². The Balaban J connectivity index is 2.37. The number of thiazole rings is 1. The Morgan fingerprint density at radius 2 is 2.25 bits per heavy atom. The molecule has 0 aromatic carbocycles. The van der Waals surface area contributed by atoms with E-state index in [-0.39, 0.29) is 0 Å². The smallest absolute Gasteiger partial charge is 0.107 e. The summed E-state index contributed by atoms with van der Waals surface area (Å²) in [6, 6.07) is 0.504. The average molecular weight is 242 g/mol. The number of nitrogens with zero attached hydrogens (tertiary/aromatic N) is 1. The fraction of sp³-hybridized carbons (Fsp3) is 0.750. The van der Waals surface area contributed by atoms with Gasteiger partial charge in [-0.3, -0.25) is 0 Å². The fourth-order valence-electron chi connectivity index (χ4n) is 1.62. The van der Waals surface area contributed by atoms with Crippen molar-refractivity contribution in [3.8, 4) is 0 Å². The second-order valence-electron chi connectivity index (χ2n) is 4.40. The standard InChI is InChI=1S/C12H22N2OS/c1-9(2)11(5-6-15-4)13-7-12-14-10(3)8-16-12/h8-9,11,13H,5-7H2,1-4H3. The van der Waals surface area contributed by atoms with Crippen LogP contribution in [0.5, 0.6) is 0 Å². The molecular formula is C12H22N2OS. The Kier molecular flexibility index (Phi) is 5.95. The Labute approximate surface area is 102 Å². The van der Waals surface area contributed by atoms with Gasteiger partial charge in [-0.1, -0.05) is 13.8 Å². The minimum atomic E-state index is 0.504. The lowest BCUT2D eigenvalue weighted by atomic mass is 10.0. The molecule has 16 heavy (non-hydrogen) atoms. The third-order valence-electron chi connectivity index (χ3n) is 2.62. The largest absolute Gasteiger partial charge is 0.385 e. The summed E-state index contributed by atoms with van der Waals surface area (Å²) < 4.78 is 5.13. The normalized spacial score (nSPS) is 13.3. The van der Waals surface area contributed by atoms with E-state index in [2.05, 4.69) is 29.5 Å². The van der Waals surface area contributed by atoms with Gasteiger partial charge in [-0.2, -0.15) is 0 Å². The predicted molar refractivity (Wildman–Crippen MR) is 68.8 cm³/mol. The molecule has 1 N–H and O–H groups in total. The molecule has 0 aliphatic heterocycles. The van der Waals surface area contributed by atoms with Gasteiger partial charge in [-0.25, -0.2) is 4.98 Å². The SMILES string of the molecule is COCCC(NCc1nc(C)cs1)C(C)C. The first kappa shape index (κ1) is 13.6. The number of aryl methyl sites for hydroxylation is 1. The molecule has 0 aliphatic rings. The first-order valence-electron chi connectivity index (χ1n) is 5.76. The van der Waals surface area contributed by atoms with E-state index >= 15 is 0 Å². The Morgan fingerprint density at radius 3 is 2.75 bits per heavy atom. The molecule has 3 nitrogen and oxygen atoms in total. The second-order valence-corrected chi connectivity index (χ2v) is 5.34. The van der Waals surface area contributed by atoms with Gasteiger partial charge in [-0.05, 0) is 19.3 Å². The van der Waals surface area contributed by atoms with E-state index in [0.717, 1.165) is 25.3 Å². The van der Waals surface area contributed by atoms with Crippen molar-refractivity contribution in [2.24, 2.45) is 5.92 Å². The molecule has 4 heteroatoms. The highest BCUT2D eigenvalue weighted by Crippen LogP contribution is 2.11. The van der Waals surface area contributed by atoms with E-state index in [4.69, 9.17) is 4.74 Å². The number of methoxy groups -OCH3 is 1. The highest BCUT2D eigenvalue weighted by atomic mass is 32.1. The van der Waals surface area contributed by atoms with Crippen LogP contribution in [0, 0.1) is 12.8 Å². The molecule has 1 atom stereocenters. The minimum absolute atomic E-state index is 0.504. The molecule has 0 saturated heterocycles. The summed E-state index contributed by atoms with van der Waals surface area (Å²) >= 11 is 1.72. The maximum Gasteiger partial charge on any atom is 0.107 e. The number of hydrogen-bond acceptors (Lipinski definition) is 4. The average Bonchev–Trinajstić information content (AvgIpc) is 2.64. The van der Waals surface area contributed by atoms with Gasteiger partial charge < -0.3 is 10.1 Å². The van der Waals surface area contributed by atoms with Crippen molar-refractivity contribution < 1.29 is 4.74 Å². The first-order chi connectivity index (χ1) is 7.63. The zero-order valence-electron chi connectivity index (χ0n) is 10.6. The van der Waals surface area contributed by atoms with Gasteiger partial charge in [0.05, 0.1) is 0 Å². The van der Waals surface area contributed by atoms with Gasteiger partial charge in [0.25, 0.3) is 0 Å². The molecule has 0 saturated carbocycles. The van der Waals surface area contributed by atoms with Crippen molar-refractivity contribution in [1.82, 2.24) is 10.3 Å². The van der Waals surface area contributed by atoms with Crippen LogP contribution in [-0.4, -0.2) is 24.7 Å². The van der Waals surface area contributed by atoms with Crippen LogP contribution in [-0.2, 0) is 11.3 Å². The molecule has 1 unspecified atom stereocenters. The highest BCUT2D eigenvalue weighted by Gasteiger charge is 2.12. The summed E-state index contributed by atoms with van der Waals surface area (Å²) in [5.74, 6) is 0.621. The van der Waals surface area contributed by atoms with E-state index in [1.807, 2.05) is 6.92 Å². The Hall–Kier alpha value is -0.450. The van der Waals surface area contributed by atoms with E-state index < -0.39 is 0 Å². The van der Waals surface area contributed by atoms with Crippen molar-refractivity contribution in [2.45, 2.75) is 39.8 Å². The summed E-state index contributed by atoms with van der Waals surface area (Å²) in [4.78, 5) is 4.45. The highest BCUT2D eigenvalue weighted by molar-refractivity contribution is 7.09. The van der Waals surface area contributed by atoms with Crippen LogP contribution in [0.15, 0.2) is 5.38 Å². The Bertz CT molecular complexity index is 299. The summed E-state index contributed by atoms with van der Waals surface area (Å²) in [6.45, 7) is 8.18. The van der Waals surface area contributed by atoms with Crippen LogP contribution >= 0.6 is 11.3 Å². The summed E-state index contributed by atoms with van der Waals surface area (Å²) in [7, 11) is 1.75. The molecule has 1 rings (SSSR count). The fourth-order valence-corrected chi connectivity index (χ4v) is 2.34. The lowest BCUT2D eigenvalue weighted by Crippen LogP contribution is -2.34. The van der Waals surface area contributed by atoms with Crippen LogP contribution in [0.4, 0.5) is 0 Å². The van der Waals surface area contributed by atoms with Gasteiger partial charge in [0, 0.05) is 37.4 Å². The number of nitrogens with one attached hydrogen (secondary N) is 1. The van der Waals surface area contributed by atoms with Crippen LogP contribution < -0.4 is 5.32 Å². The number of hydrogen-bond donors (Lipinski definition) is 1. The van der Waals surface area contributed by atoms with E-state index in [1.54, 1.807) is 18.4 Å². The molecule has 0 amide bonds. The lowest BCUT2D eigenvalue weighted by molar-refractivity contribution is 0.173. The zero-order chi connectivity index (χ0) is 12.0. The lowest BCUT2D eigenvalue weighted by Gasteiger charge is -2.21. The quantitative estimate of drug-likeness (QED) is 0.798. The molecule has 0 spiro atoms. The van der Waals surface area contributed by atoms with Crippen molar-refractivity contribution >= 4 is 11.3 Å². The predicted octanol–water partition coefficient (Wildman–Crippen LogP) is 2.60. The van der Waals surface area contributed by atoms with E-state index in [1.165, 1.54) is 5.01 Å². The minimum Gasteiger partial charge on any atom is -0.385 e. The van der Waals surface area contributed by atoms with Crippen LogP contribution in [0.25, 0.3) is 0 Å². The molecule has 1 heterocycles. The van der Waals surface area contributed by atoms with Crippen molar-refractivity contribution in [3.05, 3.63) is 16.1 Å². The topological polar surface area (TPSA) is 34.1 Å². The maximum absolute atomic E-state index is 5.13. The summed E-state index contributed by atoms with van der Waals surface area (Å²) in [6.07, 6.45) is 1.05. The van der Waals surface area contributed by atoms with Gasteiger partial charge in [0.15, 0.2) is 0 Å². The Morgan fingerprint density at radius 1 is 1.50 bits per heavy atom. The van der Waals surface area contributed by atoms with Crippen molar-refractivity contribution in [1.29, 1.82) is 0 Å². The zero-order valence-corrected chi connectivity index (χ0v) is 11.4. The molecule has 1 aromatic heterocycles. The van der Waals surface area contributed by atoms with Crippen molar-refractivity contribution in [2.75, 3.05) is 13.7 Å².